The smallest absolute Gasteiger partial charge is 0.346 e. The predicted molar refractivity (Wildman–Crippen MR) is 59.2 cm³/mol. The molecule has 5 nitrogen and oxygen atoms in total. The minimum atomic E-state index is -3.80. The molecule has 1 aromatic rings. The molecule has 0 saturated heterocycles. The van der Waals surface area contributed by atoms with Crippen LogP contribution in [0.5, 0.6) is 0 Å². The SMILES string of the molecule is NS(=O)(=O)c1cc(C2CCC2)c(C(=O)O)s1. The maximum absolute atomic E-state index is 11.1. The summed E-state index contributed by atoms with van der Waals surface area (Å²) >= 11 is 0.740. The van der Waals surface area contributed by atoms with E-state index in [0.717, 1.165) is 30.6 Å². The monoisotopic (exact) mass is 261 g/mol. The maximum Gasteiger partial charge on any atom is 0.346 e. The van der Waals surface area contributed by atoms with E-state index in [0.29, 0.717) is 5.56 Å². The molecule has 88 valence electrons. The highest BCUT2D eigenvalue weighted by Crippen LogP contribution is 2.41. The van der Waals surface area contributed by atoms with Gasteiger partial charge in [-0.2, -0.15) is 0 Å². The molecule has 0 bridgehead atoms. The first-order chi connectivity index (χ1) is 7.39. The lowest BCUT2D eigenvalue weighted by Crippen LogP contribution is -2.12. The largest absolute Gasteiger partial charge is 0.477 e. The van der Waals surface area contributed by atoms with Crippen LogP contribution in [0.4, 0.5) is 0 Å². The van der Waals surface area contributed by atoms with E-state index in [1.54, 1.807) is 0 Å². The van der Waals surface area contributed by atoms with Crippen LogP contribution >= 0.6 is 11.3 Å². The molecule has 1 aromatic heterocycles. The Morgan fingerprint density at radius 1 is 1.50 bits per heavy atom. The van der Waals surface area contributed by atoms with E-state index in [9.17, 15) is 13.2 Å². The van der Waals surface area contributed by atoms with E-state index in [4.69, 9.17) is 10.2 Å². The van der Waals surface area contributed by atoms with Crippen molar-refractivity contribution in [2.45, 2.75) is 29.4 Å². The van der Waals surface area contributed by atoms with Crippen LogP contribution in [0.3, 0.4) is 0 Å². The van der Waals surface area contributed by atoms with Crippen molar-refractivity contribution >= 4 is 27.3 Å². The van der Waals surface area contributed by atoms with Gasteiger partial charge in [-0.3, -0.25) is 0 Å². The van der Waals surface area contributed by atoms with E-state index >= 15 is 0 Å². The van der Waals surface area contributed by atoms with Gasteiger partial charge < -0.3 is 5.11 Å². The van der Waals surface area contributed by atoms with Gasteiger partial charge in [0.25, 0.3) is 0 Å². The summed E-state index contributed by atoms with van der Waals surface area (Å²) in [6.45, 7) is 0. The van der Waals surface area contributed by atoms with E-state index in [1.165, 1.54) is 6.07 Å². The average Bonchev–Trinajstić information content (AvgIpc) is 2.44. The molecule has 0 aromatic carbocycles. The number of primary sulfonamides is 1. The highest BCUT2D eigenvalue weighted by molar-refractivity contribution is 7.91. The molecule has 0 amide bonds. The zero-order valence-corrected chi connectivity index (χ0v) is 9.97. The van der Waals surface area contributed by atoms with Crippen LogP contribution in [0.15, 0.2) is 10.3 Å². The van der Waals surface area contributed by atoms with Crippen molar-refractivity contribution in [1.29, 1.82) is 0 Å². The van der Waals surface area contributed by atoms with Crippen molar-refractivity contribution in [3.63, 3.8) is 0 Å². The van der Waals surface area contributed by atoms with Gasteiger partial charge >= 0.3 is 5.97 Å². The summed E-state index contributed by atoms with van der Waals surface area (Å²) in [5.41, 5.74) is 0.618. The molecule has 0 unspecified atom stereocenters. The molecule has 0 radical (unpaired) electrons. The van der Waals surface area contributed by atoms with Gasteiger partial charge in [-0.25, -0.2) is 18.4 Å². The number of thiophene rings is 1. The van der Waals surface area contributed by atoms with Crippen molar-refractivity contribution in [3.8, 4) is 0 Å². The topological polar surface area (TPSA) is 97.5 Å². The summed E-state index contributed by atoms with van der Waals surface area (Å²) in [6.07, 6.45) is 2.90. The van der Waals surface area contributed by atoms with Crippen LogP contribution in [0.1, 0.15) is 40.4 Å². The van der Waals surface area contributed by atoms with Gasteiger partial charge in [0.15, 0.2) is 0 Å². The molecule has 1 heterocycles. The highest BCUT2D eigenvalue weighted by atomic mass is 32.2. The Morgan fingerprint density at radius 3 is 2.50 bits per heavy atom. The highest BCUT2D eigenvalue weighted by Gasteiger charge is 2.29. The van der Waals surface area contributed by atoms with E-state index in [-0.39, 0.29) is 15.0 Å². The third-order valence-corrected chi connectivity index (χ3v) is 5.32. The zero-order valence-electron chi connectivity index (χ0n) is 8.34. The van der Waals surface area contributed by atoms with Crippen molar-refractivity contribution < 1.29 is 18.3 Å². The van der Waals surface area contributed by atoms with Gasteiger partial charge in [0.1, 0.15) is 9.09 Å². The molecule has 1 aliphatic rings. The number of aromatic carboxylic acids is 1. The summed E-state index contributed by atoms with van der Waals surface area (Å²) in [7, 11) is -3.80. The molecule has 7 heteroatoms. The van der Waals surface area contributed by atoms with E-state index in [1.807, 2.05) is 0 Å². The quantitative estimate of drug-likeness (QED) is 0.858. The normalized spacial score (nSPS) is 17.1. The van der Waals surface area contributed by atoms with Gasteiger partial charge in [0.05, 0.1) is 0 Å². The van der Waals surface area contributed by atoms with Gasteiger partial charge in [-0.05, 0) is 30.4 Å². The molecule has 3 N–H and O–H groups in total. The fourth-order valence-corrected chi connectivity index (χ4v) is 3.54. The average molecular weight is 261 g/mol. The summed E-state index contributed by atoms with van der Waals surface area (Å²) < 4.78 is 22.2. The van der Waals surface area contributed by atoms with Crippen LogP contribution in [-0.4, -0.2) is 19.5 Å². The van der Waals surface area contributed by atoms with Gasteiger partial charge in [-0.1, -0.05) is 6.42 Å². The lowest BCUT2D eigenvalue weighted by molar-refractivity contribution is 0.0700. The van der Waals surface area contributed by atoms with Gasteiger partial charge in [0, 0.05) is 0 Å². The molecule has 2 rings (SSSR count). The molecular formula is C9H11NO4S2. The first-order valence-corrected chi connectivity index (χ1v) is 7.15. The first-order valence-electron chi connectivity index (χ1n) is 4.79. The second kappa shape index (κ2) is 3.83. The van der Waals surface area contributed by atoms with Crippen LogP contribution in [-0.2, 0) is 10.0 Å². The Balaban J connectivity index is 2.49. The van der Waals surface area contributed by atoms with E-state index < -0.39 is 16.0 Å². The molecule has 0 atom stereocenters. The maximum atomic E-state index is 11.1. The van der Waals surface area contributed by atoms with Gasteiger partial charge in [0.2, 0.25) is 10.0 Å². The molecule has 0 aliphatic heterocycles. The van der Waals surface area contributed by atoms with Crippen molar-refractivity contribution in [3.05, 3.63) is 16.5 Å². The Labute approximate surface area is 96.9 Å². The summed E-state index contributed by atoms with van der Waals surface area (Å²) in [5, 5.41) is 14.0. The van der Waals surface area contributed by atoms with Crippen LogP contribution in [0.2, 0.25) is 0 Å². The number of hydrogen-bond donors (Lipinski definition) is 2. The standard InChI is InChI=1S/C9H11NO4S2/c10-16(13,14)7-4-6(5-2-1-3-5)8(15-7)9(11)12/h4-5H,1-3H2,(H,11,12)(H2,10,13,14). The number of nitrogens with two attached hydrogens (primary N) is 1. The number of rotatable bonds is 3. The summed E-state index contributed by atoms with van der Waals surface area (Å²) in [4.78, 5) is 11.1. The second-order valence-electron chi connectivity index (χ2n) is 3.83. The minimum absolute atomic E-state index is 0.0631. The number of sulfonamides is 1. The zero-order chi connectivity index (χ0) is 11.9. The number of carboxylic acid groups (broad SMARTS) is 1. The van der Waals surface area contributed by atoms with Crippen LogP contribution < -0.4 is 5.14 Å². The Morgan fingerprint density at radius 2 is 2.12 bits per heavy atom. The van der Waals surface area contributed by atoms with Crippen molar-refractivity contribution in [2.24, 2.45) is 5.14 Å². The van der Waals surface area contributed by atoms with Crippen molar-refractivity contribution in [1.82, 2.24) is 0 Å². The molecular weight excluding hydrogens is 250 g/mol. The fraction of sp³-hybridized carbons (Fsp3) is 0.444. The third-order valence-electron chi connectivity index (χ3n) is 2.76. The number of carboxylic acids is 1. The molecule has 1 saturated carbocycles. The molecule has 1 fully saturated rings. The number of hydrogen-bond acceptors (Lipinski definition) is 4. The summed E-state index contributed by atoms with van der Waals surface area (Å²) in [5.74, 6) is -0.903. The molecule has 1 aliphatic carbocycles. The Hall–Kier alpha value is -0.920. The third kappa shape index (κ3) is 1.98. The minimum Gasteiger partial charge on any atom is -0.477 e. The Kier molecular flexibility index (Phi) is 2.77. The lowest BCUT2D eigenvalue weighted by Gasteiger charge is -2.25. The first kappa shape index (κ1) is 11.6. The van der Waals surface area contributed by atoms with Crippen molar-refractivity contribution in [2.75, 3.05) is 0 Å². The van der Waals surface area contributed by atoms with E-state index in [2.05, 4.69) is 0 Å². The van der Waals surface area contributed by atoms with Gasteiger partial charge in [-0.15, -0.1) is 11.3 Å². The summed E-state index contributed by atoms with van der Waals surface area (Å²) in [6, 6.07) is 1.41. The van der Waals surface area contributed by atoms with Crippen LogP contribution in [0.25, 0.3) is 0 Å². The molecule has 0 spiro atoms. The molecule has 16 heavy (non-hydrogen) atoms. The fourth-order valence-electron chi connectivity index (χ4n) is 1.71. The lowest BCUT2D eigenvalue weighted by atomic mass is 9.80. The predicted octanol–water partition coefficient (Wildman–Crippen LogP) is 1.36. The Bertz CT molecular complexity index is 528. The number of carbonyl (C=O) groups is 1. The van der Waals surface area contributed by atoms with Crippen LogP contribution in [0, 0.1) is 0 Å². The second-order valence-corrected chi connectivity index (χ2v) is 6.67.